The van der Waals surface area contributed by atoms with E-state index < -0.39 is 0 Å². The third-order valence-corrected chi connectivity index (χ3v) is 7.89. The maximum atomic E-state index is 6.44. The van der Waals surface area contributed by atoms with Gasteiger partial charge in [-0.25, -0.2) is 0 Å². The Morgan fingerprint density at radius 1 is 0.571 bits per heavy atom. The molecule has 6 aromatic rings. The molecular weight excluding hydrogens is 446 g/mol. The summed E-state index contributed by atoms with van der Waals surface area (Å²) in [5.74, 6) is 0. The number of nitrogens with zero attached hydrogens (tertiary/aromatic N) is 1. The highest BCUT2D eigenvalue weighted by Crippen LogP contribution is 2.49. The van der Waals surface area contributed by atoms with Crippen molar-refractivity contribution in [3.05, 3.63) is 125 Å². The Balaban J connectivity index is 1.45. The number of halogens is 1. The van der Waals surface area contributed by atoms with Crippen molar-refractivity contribution in [2.75, 3.05) is 0 Å². The second-order valence-electron chi connectivity index (χ2n) is 10.00. The van der Waals surface area contributed by atoms with Crippen molar-refractivity contribution in [2.24, 2.45) is 0 Å². The van der Waals surface area contributed by atoms with Gasteiger partial charge in [-0.2, -0.15) is 0 Å². The molecule has 0 N–H and O–H groups in total. The average molecular weight is 470 g/mol. The Morgan fingerprint density at radius 2 is 1.29 bits per heavy atom. The van der Waals surface area contributed by atoms with Crippen molar-refractivity contribution < 1.29 is 0 Å². The van der Waals surface area contributed by atoms with Crippen LogP contribution < -0.4 is 0 Å². The van der Waals surface area contributed by atoms with Crippen molar-refractivity contribution in [3.63, 3.8) is 0 Å². The number of hydrogen-bond donors (Lipinski definition) is 0. The average Bonchev–Trinajstić information content (AvgIpc) is 3.32. The Morgan fingerprint density at radius 3 is 2.14 bits per heavy atom. The standard InChI is InChI=1S/C33H24ClN/c1-33(2)29-11-7-6-10-25(29)26-15-12-22(19-30(26)33)21-13-17-31-28(18-21)27-16-14-23(34)20-32(27)35(31)24-8-4-3-5-9-24/h3-20H,1-2H3. The zero-order valence-corrected chi connectivity index (χ0v) is 20.5. The van der Waals surface area contributed by atoms with Gasteiger partial charge in [-0.3, -0.25) is 0 Å². The van der Waals surface area contributed by atoms with Gasteiger partial charge in [0.1, 0.15) is 0 Å². The predicted molar refractivity (Wildman–Crippen MR) is 149 cm³/mol. The van der Waals surface area contributed by atoms with E-state index >= 15 is 0 Å². The number of benzene rings is 5. The molecule has 1 nitrogen and oxygen atoms in total. The SMILES string of the molecule is CC1(C)c2ccccc2-c2ccc(-c3ccc4c(c3)c3ccc(Cl)cc3n4-c3ccccc3)cc21. The van der Waals surface area contributed by atoms with Crippen LogP contribution >= 0.6 is 11.6 Å². The highest BCUT2D eigenvalue weighted by atomic mass is 35.5. The molecule has 35 heavy (non-hydrogen) atoms. The molecule has 1 aliphatic rings. The maximum absolute atomic E-state index is 6.44. The van der Waals surface area contributed by atoms with Crippen LogP contribution in [-0.2, 0) is 5.41 Å². The lowest BCUT2D eigenvalue weighted by Crippen LogP contribution is -2.14. The molecule has 2 heteroatoms. The largest absolute Gasteiger partial charge is 0.309 e. The van der Waals surface area contributed by atoms with Gasteiger partial charge in [0.05, 0.1) is 11.0 Å². The van der Waals surface area contributed by atoms with Gasteiger partial charge in [-0.15, -0.1) is 0 Å². The minimum absolute atomic E-state index is 0.00782. The molecule has 0 radical (unpaired) electrons. The summed E-state index contributed by atoms with van der Waals surface area (Å²) in [6, 6.07) is 39.3. The van der Waals surface area contributed by atoms with E-state index in [-0.39, 0.29) is 5.41 Å². The fourth-order valence-electron chi connectivity index (χ4n) is 5.91. The van der Waals surface area contributed by atoms with E-state index in [9.17, 15) is 0 Å². The summed E-state index contributed by atoms with van der Waals surface area (Å²) in [6.07, 6.45) is 0. The van der Waals surface area contributed by atoms with Crippen LogP contribution in [0.2, 0.25) is 5.02 Å². The molecule has 0 aliphatic heterocycles. The molecule has 0 bridgehead atoms. The van der Waals surface area contributed by atoms with Gasteiger partial charge in [0, 0.05) is 26.9 Å². The van der Waals surface area contributed by atoms with Crippen LogP contribution in [0.15, 0.2) is 109 Å². The van der Waals surface area contributed by atoms with Crippen LogP contribution in [0, 0.1) is 0 Å². The van der Waals surface area contributed by atoms with E-state index in [1.165, 1.54) is 49.7 Å². The van der Waals surface area contributed by atoms with Crippen molar-refractivity contribution >= 4 is 33.4 Å². The van der Waals surface area contributed by atoms with Crippen molar-refractivity contribution in [3.8, 4) is 27.9 Å². The highest BCUT2D eigenvalue weighted by molar-refractivity contribution is 6.31. The zero-order valence-electron chi connectivity index (χ0n) is 19.7. The number of para-hydroxylation sites is 1. The third-order valence-electron chi connectivity index (χ3n) is 7.66. The molecule has 0 amide bonds. The summed E-state index contributed by atoms with van der Waals surface area (Å²) in [4.78, 5) is 0. The molecule has 1 aromatic heterocycles. The molecule has 5 aromatic carbocycles. The second-order valence-corrected chi connectivity index (χ2v) is 10.4. The van der Waals surface area contributed by atoms with Crippen LogP contribution in [0.1, 0.15) is 25.0 Å². The monoisotopic (exact) mass is 469 g/mol. The first kappa shape index (κ1) is 20.6. The van der Waals surface area contributed by atoms with E-state index in [1.54, 1.807) is 0 Å². The first-order chi connectivity index (χ1) is 17.0. The summed E-state index contributed by atoms with van der Waals surface area (Å²) >= 11 is 6.44. The molecular formula is C33H24ClN. The topological polar surface area (TPSA) is 4.93 Å². The minimum Gasteiger partial charge on any atom is -0.309 e. The molecule has 1 aliphatic carbocycles. The first-order valence-corrected chi connectivity index (χ1v) is 12.4. The van der Waals surface area contributed by atoms with Gasteiger partial charge < -0.3 is 4.57 Å². The van der Waals surface area contributed by atoms with Gasteiger partial charge in [-0.1, -0.05) is 92.2 Å². The smallest absolute Gasteiger partial charge is 0.0555 e. The van der Waals surface area contributed by atoms with Gasteiger partial charge in [-0.05, 0) is 75.8 Å². The second kappa shape index (κ2) is 7.34. The summed E-state index contributed by atoms with van der Waals surface area (Å²) in [7, 11) is 0. The third kappa shape index (κ3) is 2.95. The molecule has 1 heterocycles. The number of aromatic nitrogens is 1. The van der Waals surface area contributed by atoms with E-state index in [2.05, 4.69) is 122 Å². The summed E-state index contributed by atoms with van der Waals surface area (Å²) in [5, 5.41) is 3.20. The number of rotatable bonds is 2. The lowest BCUT2D eigenvalue weighted by molar-refractivity contribution is 0.660. The molecule has 0 unspecified atom stereocenters. The molecule has 0 fully saturated rings. The molecule has 0 spiro atoms. The van der Waals surface area contributed by atoms with Crippen molar-refractivity contribution in [1.82, 2.24) is 4.57 Å². The molecule has 0 atom stereocenters. The van der Waals surface area contributed by atoms with Crippen LogP contribution in [0.5, 0.6) is 0 Å². The lowest BCUT2D eigenvalue weighted by Gasteiger charge is -2.22. The Labute approximate surface area is 210 Å². The highest BCUT2D eigenvalue weighted by Gasteiger charge is 2.35. The molecule has 0 saturated heterocycles. The fraction of sp³-hybridized carbons (Fsp3) is 0.0909. The van der Waals surface area contributed by atoms with Crippen LogP contribution in [0.4, 0.5) is 0 Å². The van der Waals surface area contributed by atoms with Crippen molar-refractivity contribution in [2.45, 2.75) is 19.3 Å². The van der Waals surface area contributed by atoms with Gasteiger partial charge in [0.15, 0.2) is 0 Å². The van der Waals surface area contributed by atoms with Crippen LogP contribution in [0.25, 0.3) is 49.7 Å². The first-order valence-electron chi connectivity index (χ1n) is 12.1. The summed E-state index contributed by atoms with van der Waals surface area (Å²) in [5.41, 5.74) is 11.4. The molecule has 0 saturated carbocycles. The van der Waals surface area contributed by atoms with Gasteiger partial charge in [0.25, 0.3) is 0 Å². The number of fused-ring (bicyclic) bond motifs is 6. The van der Waals surface area contributed by atoms with Crippen LogP contribution in [-0.4, -0.2) is 4.57 Å². The zero-order chi connectivity index (χ0) is 23.7. The van der Waals surface area contributed by atoms with Crippen molar-refractivity contribution in [1.29, 1.82) is 0 Å². The summed E-state index contributed by atoms with van der Waals surface area (Å²) < 4.78 is 2.31. The van der Waals surface area contributed by atoms with Crippen LogP contribution in [0.3, 0.4) is 0 Å². The quantitative estimate of drug-likeness (QED) is 0.238. The Bertz CT molecular complexity index is 1770. The molecule has 7 rings (SSSR count). The number of hydrogen-bond acceptors (Lipinski definition) is 0. The normalized spacial score (nSPS) is 13.8. The maximum Gasteiger partial charge on any atom is 0.0555 e. The Kier molecular flexibility index (Phi) is 4.31. The Hall–Kier alpha value is -3.81. The predicted octanol–water partition coefficient (Wildman–Crippen LogP) is 9.41. The summed E-state index contributed by atoms with van der Waals surface area (Å²) in [6.45, 7) is 4.67. The van der Waals surface area contributed by atoms with E-state index in [0.29, 0.717) is 0 Å². The lowest BCUT2D eigenvalue weighted by atomic mass is 9.81. The molecule has 168 valence electrons. The minimum atomic E-state index is -0.00782. The van der Waals surface area contributed by atoms with Gasteiger partial charge in [0.2, 0.25) is 0 Å². The van der Waals surface area contributed by atoms with E-state index in [1.807, 2.05) is 6.07 Å². The van der Waals surface area contributed by atoms with E-state index in [4.69, 9.17) is 11.6 Å². The van der Waals surface area contributed by atoms with E-state index in [0.717, 1.165) is 16.2 Å². The fourth-order valence-corrected chi connectivity index (χ4v) is 6.08. The van der Waals surface area contributed by atoms with Gasteiger partial charge >= 0.3 is 0 Å².